The Balaban J connectivity index is 2.01. The maximum absolute atomic E-state index is 14.0. The third-order valence-electron chi connectivity index (χ3n) is 4.62. The van der Waals surface area contributed by atoms with Gasteiger partial charge in [0.15, 0.2) is 11.6 Å². The molecule has 2 aromatic rings. The van der Waals surface area contributed by atoms with Crippen LogP contribution in [0.25, 0.3) is 5.76 Å². The van der Waals surface area contributed by atoms with Crippen LogP contribution in [0.5, 0.6) is 0 Å². The van der Waals surface area contributed by atoms with Crippen LogP contribution < -0.4 is 5.32 Å². The molecule has 0 spiro atoms. The van der Waals surface area contributed by atoms with E-state index in [4.69, 9.17) is 9.84 Å². The maximum atomic E-state index is 14.0. The third-order valence-corrected chi connectivity index (χ3v) is 4.62. The summed E-state index contributed by atoms with van der Waals surface area (Å²) in [5.74, 6) is -2.40. The number of Topliss-reactive ketones (excluding diaryl/α,β-unsaturated/α-hetero) is 2. The molecule has 3 rings (SSSR count). The van der Waals surface area contributed by atoms with Gasteiger partial charge in [-0.3, -0.25) is 9.59 Å². The van der Waals surface area contributed by atoms with Gasteiger partial charge in [0, 0.05) is 31.1 Å². The zero-order valence-electron chi connectivity index (χ0n) is 15.3. The molecule has 0 aliphatic heterocycles. The first-order chi connectivity index (χ1) is 13.3. The van der Waals surface area contributed by atoms with Crippen molar-refractivity contribution in [2.45, 2.75) is 12.8 Å². The van der Waals surface area contributed by atoms with E-state index in [2.05, 4.69) is 5.32 Å². The number of aromatic carboxylic acids is 1. The van der Waals surface area contributed by atoms with Crippen molar-refractivity contribution < 1.29 is 28.6 Å². The Morgan fingerprint density at radius 3 is 2.46 bits per heavy atom. The maximum Gasteiger partial charge on any atom is 0.335 e. The molecule has 1 aliphatic carbocycles. The molecule has 144 valence electrons. The summed E-state index contributed by atoms with van der Waals surface area (Å²) in [5.41, 5.74) is 1.97. The molecule has 0 aromatic heterocycles. The molecule has 0 fully saturated rings. The summed E-state index contributed by atoms with van der Waals surface area (Å²) in [7, 11) is 2.95. The molecule has 0 heterocycles. The van der Waals surface area contributed by atoms with E-state index in [1.807, 2.05) is 0 Å². The van der Waals surface area contributed by atoms with E-state index in [1.54, 1.807) is 7.05 Å². The number of halogens is 1. The van der Waals surface area contributed by atoms with Gasteiger partial charge in [-0.1, -0.05) is 12.1 Å². The number of ketones is 2. The number of fused-ring (bicyclic) bond motifs is 1. The molecule has 0 bridgehead atoms. The third kappa shape index (κ3) is 3.51. The van der Waals surface area contributed by atoms with Crippen molar-refractivity contribution in [2.24, 2.45) is 0 Å². The number of carboxylic acid groups (broad SMARTS) is 1. The summed E-state index contributed by atoms with van der Waals surface area (Å²) < 4.78 is 19.3. The minimum atomic E-state index is -1.07. The van der Waals surface area contributed by atoms with E-state index < -0.39 is 23.4 Å². The molecule has 0 unspecified atom stereocenters. The van der Waals surface area contributed by atoms with E-state index in [0.29, 0.717) is 22.4 Å². The predicted octanol–water partition coefficient (Wildman–Crippen LogP) is 2.86. The van der Waals surface area contributed by atoms with Crippen LogP contribution in [0.4, 0.5) is 10.1 Å². The Labute approximate surface area is 160 Å². The quantitative estimate of drug-likeness (QED) is 0.745. The fourth-order valence-electron chi connectivity index (χ4n) is 3.30. The molecule has 28 heavy (non-hydrogen) atoms. The summed E-state index contributed by atoms with van der Waals surface area (Å²) >= 11 is 0. The molecule has 0 amide bonds. The molecular weight excluding hydrogens is 365 g/mol. The van der Waals surface area contributed by atoms with E-state index in [9.17, 15) is 18.8 Å². The first-order valence-electron chi connectivity index (χ1n) is 8.53. The molecule has 2 N–H and O–H groups in total. The summed E-state index contributed by atoms with van der Waals surface area (Å²) in [6, 6.07) is 8.36. The monoisotopic (exact) mass is 383 g/mol. The van der Waals surface area contributed by atoms with Crippen molar-refractivity contribution >= 4 is 29.0 Å². The lowest BCUT2D eigenvalue weighted by molar-refractivity contribution is -0.121. The van der Waals surface area contributed by atoms with Gasteiger partial charge in [-0.25, -0.2) is 9.18 Å². The van der Waals surface area contributed by atoms with Gasteiger partial charge < -0.3 is 15.2 Å². The van der Waals surface area contributed by atoms with Crippen LogP contribution in [0.2, 0.25) is 0 Å². The number of hydrogen-bond donors (Lipinski definition) is 2. The molecule has 6 nitrogen and oxygen atoms in total. The van der Waals surface area contributed by atoms with Gasteiger partial charge >= 0.3 is 5.97 Å². The lowest BCUT2D eigenvalue weighted by Crippen LogP contribution is -2.25. The summed E-state index contributed by atoms with van der Waals surface area (Å²) in [5, 5.41) is 11.8. The predicted molar refractivity (Wildman–Crippen MR) is 101 cm³/mol. The fourth-order valence-corrected chi connectivity index (χ4v) is 3.30. The van der Waals surface area contributed by atoms with Gasteiger partial charge in [0.05, 0.1) is 12.7 Å². The van der Waals surface area contributed by atoms with E-state index in [0.717, 1.165) is 0 Å². The Morgan fingerprint density at radius 2 is 1.89 bits per heavy atom. The topological polar surface area (TPSA) is 92.7 Å². The van der Waals surface area contributed by atoms with Crippen LogP contribution in [0.3, 0.4) is 0 Å². The smallest absolute Gasteiger partial charge is 0.335 e. The van der Waals surface area contributed by atoms with Gasteiger partial charge in [0.25, 0.3) is 0 Å². The normalized spacial score (nSPS) is 13.2. The van der Waals surface area contributed by atoms with Crippen molar-refractivity contribution in [3.05, 3.63) is 70.0 Å². The van der Waals surface area contributed by atoms with Crippen molar-refractivity contribution in [3.63, 3.8) is 0 Å². The number of benzene rings is 2. The summed E-state index contributed by atoms with van der Waals surface area (Å²) in [6.45, 7) is 0. The highest BCUT2D eigenvalue weighted by atomic mass is 19.1. The van der Waals surface area contributed by atoms with Gasteiger partial charge in [-0.15, -0.1) is 0 Å². The average Bonchev–Trinajstić information content (AvgIpc) is 2.67. The van der Waals surface area contributed by atoms with E-state index >= 15 is 0 Å². The Morgan fingerprint density at radius 1 is 1.21 bits per heavy atom. The molecule has 2 aromatic carbocycles. The number of anilines is 1. The highest BCUT2D eigenvalue weighted by Crippen LogP contribution is 2.35. The van der Waals surface area contributed by atoms with Crippen molar-refractivity contribution in [2.75, 3.05) is 19.5 Å². The van der Waals surface area contributed by atoms with Crippen LogP contribution in [-0.2, 0) is 27.2 Å². The lowest BCUT2D eigenvalue weighted by atomic mass is 9.85. The lowest BCUT2D eigenvalue weighted by Gasteiger charge is -2.23. The second-order valence-corrected chi connectivity index (χ2v) is 6.34. The number of carbonyl (C=O) groups excluding carboxylic acids is 2. The number of methoxy groups -OCH3 is 1. The zero-order valence-corrected chi connectivity index (χ0v) is 15.3. The van der Waals surface area contributed by atoms with Crippen LogP contribution in [-0.4, -0.2) is 36.8 Å². The second kappa shape index (κ2) is 7.64. The first kappa shape index (κ1) is 19.3. The number of rotatable bonds is 6. The molecular formula is C21H18FNO5. The van der Waals surface area contributed by atoms with Crippen molar-refractivity contribution in [1.82, 2.24) is 0 Å². The van der Waals surface area contributed by atoms with Gasteiger partial charge in [0.2, 0.25) is 0 Å². The molecule has 0 radical (unpaired) electrons. The molecule has 1 aliphatic rings. The van der Waals surface area contributed by atoms with Gasteiger partial charge in [-0.05, 0) is 35.4 Å². The van der Waals surface area contributed by atoms with Gasteiger partial charge in [0.1, 0.15) is 17.1 Å². The number of carboxylic acids is 1. The van der Waals surface area contributed by atoms with Crippen LogP contribution in [0.15, 0.2) is 42.0 Å². The Kier molecular flexibility index (Phi) is 5.26. The standard InChI is InChI=1S/C21H18FNO5/c1-23-16-9-13(22)8-15-14(16)10-18(25)19(20(15)28-2)17(24)7-11-3-5-12(6-4-11)21(26)27/h3-6,8-9,23H,7,10H2,1-2H3,(H,26,27). The second-order valence-electron chi connectivity index (χ2n) is 6.34. The van der Waals surface area contributed by atoms with Crippen LogP contribution >= 0.6 is 0 Å². The van der Waals surface area contributed by atoms with Crippen LogP contribution in [0.1, 0.15) is 27.0 Å². The average molecular weight is 383 g/mol. The SMILES string of the molecule is CNc1cc(F)cc2c1CC(=O)C(C(=O)Cc1ccc(C(=O)O)cc1)=C2OC. The minimum absolute atomic E-state index is 0.0440. The first-order valence-corrected chi connectivity index (χ1v) is 8.53. The van der Waals surface area contributed by atoms with E-state index in [1.165, 1.54) is 43.5 Å². The number of allylic oxidation sites excluding steroid dienone is 1. The number of ether oxygens (including phenoxy) is 1. The summed E-state index contributed by atoms with van der Waals surface area (Å²) in [4.78, 5) is 36.5. The number of hydrogen-bond acceptors (Lipinski definition) is 5. The van der Waals surface area contributed by atoms with E-state index in [-0.39, 0.29) is 29.7 Å². The number of carbonyl (C=O) groups is 3. The summed E-state index contributed by atoms with van der Waals surface area (Å²) in [6.07, 6.45) is -0.144. The molecule has 0 atom stereocenters. The van der Waals surface area contributed by atoms with Crippen LogP contribution in [0, 0.1) is 5.82 Å². The molecule has 0 saturated heterocycles. The zero-order chi connectivity index (χ0) is 20.4. The van der Waals surface area contributed by atoms with Crippen molar-refractivity contribution in [1.29, 1.82) is 0 Å². The highest BCUT2D eigenvalue weighted by Gasteiger charge is 2.32. The Hall–Kier alpha value is -3.48. The highest BCUT2D eigenvalue weighted by molar-refractivity contribution is 6.27. The largest absolute Gasteiger partial charge is 0.495 e. The minimum Gasteiger partial charge on any atom is -0.495 e. The van der Waals surface area contributed by atoms with Gasteiger partial charge in [-0.2, -0.15) is 0 Å². The molecule has 0 saturated carbocycles. The number of nitrogens with one attached hydrogen (secondary N) is 1. The fraction of sp³-hybridized carbons (Fsp3) is 0.190. The molecule has 7 heteroatoms. The van der Waals surface area contributed by atoms with Crippen molar-refractivity contribution in [3.8, 4) is 0 Å². The Bertz CT molecular complexity index is 1010.